The van der Waals surface area contributed by atoms with E-state index in [1.807, 2.05) is 13.8 Å². The van der Waals surface area contributed by atoms with Gasteiger partial charge < -0.3 is 5.32 Å². The quantitative estimate of drug-likeness (QED) is 0.721. The highest BCUT2D eigenvalue weighted by Gasteiger charge is 2.15. The van der Waals surface area contributed by atoms with Crippen molar-refractivity contribution >= 4 is 11.3 Å². The topological polar surface area (TPSA) is 35.8 Å². The third-order valence-corrected chi connectivity index (χ3v) is 3.88. The number of nitriles is 1. The Labute approximate surface area is 115 Å². The molecular weight excluding hydrogens is 240 g/mol. The van der Waals surface area contributed by atoms with E-state index in [2.05, 4.69) is 35.1 Å². The van der Waals surface area contributed by atoms with Crippen molar-refractivity contribution in [2.45, 2.75) is 52.5 Å². The molecule has 0 aromatic carbocycles. The van der Waals surface area contributed by atoms with Crippen LogP contribution in [0.5, 0.6) is 0 Å². The molecule has 1 atom stereocenters. The maximum Gasteiger partial charge on any atom is 0.0683 e. The Morgan fingerprint density at radius 3 is 2.83 bits per heavy atom. The van der Waals surface area contributed by atoms with E-state index in [0.717, 1.165) is 32.2 Å². The maximum atomic E-state index is 8.92. The van der Waals surface area contributed by atoms with Crippen LogP contribution in [0.1, 0.15) is 45.6 Å². The lowest BCUT2D eigenvalue weighted by Crippen LogP contribution is -2.29. The minimum atomic E-state index is -0.164. The number of rotatable bonds is 8. The molecule has 0 saturated heterocycles. The maximum absolute atomic E-state index is 8.92. The predicted molar refractivity (Wildman–Crippen MR) is 78.7 cm³/mol. The number of nitrogens with zero attached hydrogens (tertiary/aromatic N) is 1. The van der Waals surface area contributed by atoms with E-state index in [1.54, 1.807) is 11.3 Å². The molecule has 0 fully saturated rings. The van der Waals surface area contributed by atoms with E-state index in [-0.39, 0.29) is 5.41 Å². The second kappa shape index (κ2) is 7.56. The first-order valence-corrected chi connectivity index (χ1v) is 7.63. The average molecular weight is 264 g/mol. The lowest BCUT2D eigenvalue weighted by molar-refractivity contribution is 0.416. The van der Waals surface area contributed by atoms with Gasteiger partial charge in [-0.3, -0.25) is 0 Å². The van der Waals surface area contributed by atoms with E-state index in [9.17, 15) is 0 Å². The summed E-state index contributed by atoms with van der Waals surface area (Å²) in [6.45, 7) is 7.31. The van der Waals surface area contributed by atoms with Gasteiger partial charge in [0.05, 0.1) is 11.5 Å². The van der Waals surface area contributed by atoms with Gasteiger partial charge in [0.25, 0.3) is 0 Å². The minimum absolute atomic E-state index is 0.164. The van der Waals surface area contributed by atoms with Crippen LogP contribution in [-0.2, 0) is 6.42 Å². The van der Waals surface area contributed by atoms with Crippen molar-refractivity contribution in [3.63, 3.8) is 0 Å². The Kier molecular flexibility index (Phi) is 6.38. The van der Waals surface area contributed by atoms with Crippen molar-refractivity contribution in [2.24, 2.45) is 5.41 Å². The highest BCUT2D eigenvalue weighted by Crippen LogP contribution is 2.21. The fraction of sp³-hybridized carbons (Fsp3) is 0.667. The molecule has 0 saturated carbocycles. The summed E-state index contributed by atoms with van der Waals surface area (Å²) in [6.07, 6.45) is 4.37. The zero-order valence-electron chi connectivity index (χ0n) is 11.7. The SMILES string of the molecule is CC(Cc1ccsc1)NCCCCC(C)(C)C#N. The van der Waals surface area contributed by atoms with Crippen LogP contribution in [0, 0.1) is 16.7 Å². The fourth-order valence-corrected chi connectivity index (χ4v) is 2.61. The van der Waals surface area contributed by atoms with E-state index in [4.69, 9.17) is 5.26 Å². The number of hydrogen-bond donors (Lipinski definition) is 1. The monoisotopic (exact) mass is 264 g/mol. The van der Waals surface area contributed by atoms with E-state index in [0.29, 0.717) is 6.04 Å². The van der Waals surface area contributed by atoms with Gasteiger partial charge in [-0.25, -0.2) is 0 Å². The molecule has 1 aromatic heterocycles. The highest BCUT2D eigenvalue weighted by molar-refractivity contribution is 7.07. The van der Waals surface area contributed by atoms with Gasteiger partial charge >= 0.3 is 0 Å². The molecule has 100 valence electrons. The summed E-state index contributed by atoms with van der Waals surface area (Å²) in [5, 5.41) is 16.8. The molecular formula is C15H24N2S. The van der Waals surface area contributed by atoms with Crippen LogP contribution >= 0.6 is 11.3 Å². The van der Waals surface area contributed by atoms with Crippen molar-refractivity contribution in [1.29, 1.82) is 5.26 Å². The second-order valence-corrected chi connectivity index (χ2v) is 6.42. The van der Waals surface area contributed by atoms with Gasteiger partial charge in [-0.05, 0) is 69.0 Å². The van der Waals surface area contributed by atoms with E-state index >= 15 is 0 Å². The Morgan fingerprint density at radius 1 is 1.44 bits per heavy atom. The third-order valence-electron chi connectivity index (χ3n) is 3.15. The average Bonchev–Trinajstić information content (AvgIpc) is 2.81. The van der Waals surface area contributed by atoms with Gasteiger partial charge in [0, 0.05) is 6.04 Å². The molecule has 0 amide bonds. The Bertz CT molecular complexity index is 362. The van der Waals surface area contributed by atoms with Crippen LogP contribution < -0.4 is 5.32 Å². The smallest absolute Gasteiger partial charge is 0.0683 e. The normalized spacial score (nSPS) is 13.2. The first-order valence-electron chi connectivity index (χ1n) is 6.69. The molecule has 3 heteroatoms. The van der Waals surface area contributed by atoms with E-state index < -0.39 is 0 Å². The summed E-state index contributed by atoms with van der Waals surface area (Å²) in [4.78, 5) is 0. The molecule has 1 rings (SSSR count). The third kappa shape index (κ3) is 6.18. The van der Waals surface area contributed by atoms with Gasteiger partial charge in [0.15, 0.2) is 0 Å². The van der Waals surface area contributed by atoms with Gasteiger partial charge in [-0.1, -0.05) is 6.42 Å². The van der Waals surface area contributed by atoms with E-state index in [1.165, 1.54) is 5.56 Å². The summed E-state index contributed by atoms with van der Waals surface area (Å²) in [6, 6.07) is 5.08. The van der Waals surface area contributed by atoms with Crippen LogP contribution in [0.15, 0.2) is 16.8 Å². The van der Waals surface area contributed by atoms with Crippen LogP contribution in [0.3, 0.4) is 0 Å². The van der Waals surface area contributed by atoms with Crippen LogP contribution in [0.4, 0.5) is 0 Å². The Morgan fingerprint density at radius 2 is 2.22 bits per heavy atom. The summed E-state index contributed by atoms with van der Waals surface area (Å²) in [5.41, 5.74) is 1.26. The van der Waals surface area contributed by atoms with Crippen molar-refractivity contribution in [2.75, 3.05) is 6.54 Å². The number of hydrogen-bond acceptors (Lipinski definition) is 3. The molecule has 0 spiro atoms. The van der Waals surface area contributed by atoms with Crippen LogP contribution in [0.25, 0.3) is 0 Å². The molecule has 0 bridgehead atoms. The lowest BCUT2D eigenvalue weighted by atomic mass is 9.89. The zero-order valence-corrected chi connectivity index (χ0v) is 12.5. The van der Waals surface area contributed by atoms with Gasteiger partial charge in [0.2, 0.25) is 0 Å². The number of nitrogens with one attached hydrogen (secondary N) is 1. The fourth-order valence-electron chi connectivity index (χ4n) is 1.93. The zero-order chi connectivity index (χ0) is 13.4. The number of unbranched alkanes of at least 4 members (excludes halogenated alkanes) is 1. The lowest BCUT2D eigenvalue weighted by Gasteiger charge is -2.16. The molecule has 0 radical (unpaired) electrons. The summed E-state index contributed by atoms with van der Waals surface area (Å²) < 4.78 is 0. The first kappa shape index (κ1) is 15.2. The van der Waals surface area contributed by atoms with Crippen LogP contribution in [0.2, 0.25) is 0 Å². The second-order valence-electron chi connectivity index (χ2n) is 5.64. The van der Waals surface area contributed by atoms with Crippen molar-refractivity contribution in [3.8, 4) is 6.07 Å². The molecule has 1 heterocycles. The van der Waals surface area contributed by atoms with Gasteiger partial charge in [-0.2, -0.15) is 16.6 Å². The molecule has 1 unspecified atom stereocenters. The summed E-state index contributed by atoms with van der Waals surface area (Å²) >= 11 is 1.76. The largest absolute Gasteiger partial charge is 0.314 e. The van der Waals surface area contributed by atoms with Crippen molar-refractivity contribution < 1.29 is 0 Å². The summed E-state index contributed by atoms with van der Waals surface area (Å²) in [5.74, 6) is 0. The standard InChI is InChI=1S/C15H24N2S/c1-13(10-14-6-9-18-11-14)17-8-5-4-7-15(2,3)12-16/h6,9,11,13,17H,4-5,7-8,10H2,1-3H3. The molecule has 1 N–H and O–H groups in total. The first-order chi connectivity index (χ1) is 8.53. The molecule has 0 aliphatic carbocycles. The van der Waals surface area contributed by atoms with Gasteiger partial charge in [0.1, 0.15) is 0 Å². The Hall–Kier alpha value is -0.850. The van der Waals surface area contributed by atoms with Crippen molar-refractivity contribution in [3.05, 3.63) is 22.4 Å². The molecule has 2 nitrogen and oxygen atoms in total. The molecule has 0 aliphatic heterocycles. The Balaban J connectivity index is 2.06. The molecule has 18 heavy (non-hydrogen) atoms. The molecule has 0 aliphatic rings. The summed E-state index contributed by atoms with van der Waals surface area (Å²) in [7, 11) is 0. The molecule has 1 aromatic rings. The highest BCUT2D eigenvalue weighted by atomic mass is 32.1. The van der Waals surface area contributed by atoms with Crippen molar-refractivity contribution in [1.82, 2.24) is 5.32 Å². The minimum Gasteiger partial charge on any atom is -0.314 e. The number of thiophene rings is 1. The predicted octanol–water partition coefficient (Wildman–Crippen LogP) is 3.99. The van der Waals surface area contributed by atoms with Gasteiger partial charge in [-0.15, -0.1) is 0 Å². The van der Waals surface area contributed by atoms with Crippen LogP contribution in [-0.4, -0.2) is 12.6 Å².